The maximum Gasteiger partial charge on any atom is 0.318 e. The minimum atomic E-state index is -0.120. The van der Waals surface area contributed by atoms with Gasteiger partial charge in [-0.15, -0.1) is 0 Å². The van der Waals surface area contributed by atoms with Crippen molar-refractivity contribution < 1.29 is 9.90 Å². The second kappa shape index (κ2) is 7.99. The van der Waals surface area contributed by atoms with E-state index in [0.717, 1.165) is 19.3 Å². The first-order chi connectivity index (χ1) is 11.4. The number of likely N-dealkylation sites (N-methyl/N-ethyl adjacent to an activating group) is 1. The van der Waals surface area contributed by atoms with Crippen LogP contribution in [0.25, 0.3) is 0 Å². The van der Waals surface area contributed by atoms with Gasteiger partial charge in [0.1, 0.15) is 0 Å². The molecule has 2 rings (SSSR count). The molecule has 0 saturated carbocycles. The Kier molecular flexibility index (Phi) is 6.24. The van der Waals surface area contributed by atoms with Crippen molar-refractivity contribution in [3.05, 3.63) is 35.4 Å². The number of nitrogens with zero attached hydrogens (tertiary/aromatic N) is 2. The second-order valence-corrected chi connectivity index (χ2v) is 7.39. The molecule has 24 heavy (non-hydrogen) atoms. The Balaban J connectivity index is 2.13. The largest absolute Gasteiger partial charge is 0.395 e. The van der Waals surface area contributed by atoms with Crippen LogP contribution in [0.3, 0.4) is 0 Å². The van der Waals surface area contributed by atoms with Crippen molar-refractivity contribution in [2.24, 2.45) is 0 Å². The number of fused-ring (bicyclic) bond motifs is 1. The van der Waals surface area contributed by atoms with E-state index in [4.69, 9.17) is 0 Å². The fourth-order valence-corrected chi connectivity index (χ4v) is 3.11. The maximum absolute atomic E-state index is 12.8. The van der Waals surface area contributed by atoms with E-state index in [9.17, 15) is 9.90 Å². The molecular formula is C19H31N3O2. The van der Waals surface area contributed by atoms with E-state index in [2.05, 4.69) is 42.3 Å². The summed E-state index contributed by atoms with van der Waals surface area (Å²) in [5, 5.41) is 12.5. The highest BCUT2D eigenvalue weighted by Gasteiger charge is 2.30. The first-order valence-corrected chi connectivity index (χ1v) is 8.77. The van der Waals surface area contributed by atoms with E-state index in [-0.39, 0.29) is 24.2 Å². The minimum absolute atomic E-state index is 0.0246. The molecule has 1 aromatic carbocycles. The van der Waals surface area contributed by atoms with Crippen LogP contribution in [0.15, 0.2) is 24.3 Å². The van der Waals surface area contributed by atoms with E-state index < -0.39 is 0 Å². The molecular weight excluding hydrogens is 302 g/mol. The molecule has 5 nitrogen and oxygen atoms in total. The van der Waals surface area contributed by atoms with Gasteiger partial charge < -0.3 is 20.2 Å². The zero-order valence-electron chi connectivity index (χ0n) is 15.4. The van der Waals surface area contributed by atoms with E-state index in [1.807, 2.05) is 20.2 Å². The standard InChI is InChI=1S/C19H31N3O2/c1-19(2,21(3)4)14-20-18(24)22(12-13-23)17-11-7-9-15-8-5-6-10-16(15)17/h5-6,8,10,17,23H,7,9,11-14H2,1-4H3,(H,20,24). The van der Waals surface area contributed by atoms with Gasteiger partial charge in [-0.05, 0) is 58.3 Å². The third kappa shape index (κ3) is 4.28. The summed E-state index contributed by atoms with van der Waals surface area (Å²) in [7, 11) is 4.02. The maximum atomic E-state index is 12.8. The Morgan fingerprint density at radius 3 is 2.71 bits per heavy atom. The summed E-state index contributed by atoms with van der Waals surface area (Å²) in [6, 6.07) is 8.29. The molecule has 1 aliphatic carbocycles. The van der Waals surface area contributed by atoms with Crippen molar-refractivity contribution in [1.82, 2.24) is 15.1 Å². The van der Waals surface area contributed by atoms with Gasteiger partial charge >= 0.3 is 6.03 Å². The molecule has 134 valence electrons. The Morgan fingerprint density at radius 1 is 1.33 bits per heavy atom. The van der Waals surface area contributed by atoms with Crippen molar-refractivity contribution in [3.63, 3.8) is 0 Å². The van der Waals surface area contributed by atoms with Crippen molar-refractivity contribution >= 4 is 6.03 Å². The SMILES string of the molecule is CN(C)C(C)(C)CNC(=O)N(CCO)C1CCCc2ccccc21. The van der Waals surface area contributed by atoms with Crippen LogP contribution in [-0.4, -0.2) is 60.3 Å². The minimum Gasteiger partial charge on any atom is -0.395 e. The van der Waals surface area contributed by atoms with E-state index in [1.54, 1.807) is 4.90 Å². The zero-order valence-corrected chi connectivity index (χ0v) is 15.4. The average molecular weight is 333 g/mol. The number of aliphatic hydroxyl groups excluding tert-OH is 1. The molecule has 2 N–H and O–H groups in total. The molecule has 0 radical (unpaired) electrons. The highest BCUT2D eigenvalue weighted by atomic mass is 16.3. The fourth-order valence-electron chi connectivity index (χ4n) is 3.11. The molecule has 1 atom stereocenters. The van der Waals surface area contributed by atoms with E-state index in [1.165, 1.54) is 11.1 Å². The van der Waals surface area contributed by atoms with Crippen LogP contribution < -0.4 is 5.32 Å². The molecule has 1 aliphatic rings. The number of carbonyl (C=O) groups is 1. The Hall–Kier alpha value is -1.59. The number of aryl methyl sites for hydroxylation is 1. The number of benzene rings is 1. The van der Waals surface area contributed by atoms with Gasteiger partial charge in [-0.25, -0.2) is 4.79 Å². The first kappa shape index (κ1) is 18.7. The molecule has 0 saturated heterocycles. The Labute approximate surface area is 145 Å². The second-order valence-electron chi connectivity index (χ2n) is 7.39. The summed E-state index contributed by atoms with van der Waals surface area (Å²) in [6.45, 7) is 5.09. The number of rotatable bonds is 6. The predicted octanol–water partition coefficient (Wildman–Crippen LogP) is 2.41. The molecule has 5 heteroatoms. The van der Waals surface area contributed by atoms with Crippen LogP contribution in [0.1, 0.15) is 43.9 Å². The molecule has 1 aromatic rings. The van der Waals surface area contributed by atoms with Crippen LogP contribution in [0.2, 0.25) is 0 Å². The van der Waals surface area contributed by atoms with Crippen molar-refractivity contribution in [2.75, 3.05) is 33.8 Å². The number of nitrogens with one attached hydrogen (secondary N) is 1. The van der Waals surface area contributed by atoms with Crippen LogP contribution >= 0.6 is 0 Å². The summed E-state index contributed by atoms with van der Waals surface area (Å²) in [4.78, 5) is 16.7. The molecule has 0 aromatic heterocycles. The van der Waals surface area contributed by atoms with Gasteiger partial charge in [0.15, 0.2) is 0 Å². The molecule has 2 amide bonds. The first-order valence-electron chi connectivity index (χ1n) is 8.77. The Morgan fingerprint density at radius 2 is 2.04 bits per heavy atom. The highest BCUT2D eigenvalue weighted by molar-refractivity contribution is 5.75. The highest BCUT2D eigenvalue weighted by Crippen LogP contribution is 2.34. The lowest BCUT2D eigenvalue weighted by molar-refractivity contribution is 0.135. The monoisotopic (exact) mass is 333 g/mol. The summed E-state index contributed by atoms with van der Waals surface area (Å²) < 4.78 is 0. The van der Waals surface area contributed by atoms with Gasteiger partial charge in [0.25, 0.3) is 0 Å². The lowest BCUT2D eigenvalue weighted by Gasteiger charge is -2.37. The number of hydrogen-bond acceptors (Lipinski definition) is 3. The number of carbonyl (C=O) groups excluding carboxylic acids is 1. The van der Waals surface area contributed by atoms with Gasteiger partial charge in [-0.2, -0.15) is 0 Å². The number of aliphatic hydroxyl groups is 1. The fraction of sp³-hybridized carbons (Fsp3) is 0.632. The molecule has 1 unspecified atom stereocenters. The van der Waals surface area contributed by atoms with E-state index >= 15 is 0 Å². The summed E-state index contributed by atoms with van der Waals surface area (Å²) in [5.41, 5.74) is 2.42. The summed E-state index contributed by atoms with van der Waals surface area (Å²) >= 11 is 0. The molecule has 0 bridgehead atoms. The lowest BCUT2D eigenvalue weighted by atomic mass is 9.87. The lowest BCUT2D eigenvalue weighted by Crippen LogP contribution is -2.52. The zero-order chi connectivity index (χ0) is 17.7. The van der Waals surface area contributed by atoms with Crippen LogP contribution in [0, 0.1) is 0 Å². The predicted molar refractivity (Wildman–Crippen MR) is 97.1 cm³/mol. The summed E-state index contributed by atoms with van der Waals surface area (Å²) in [5.74, 6) is 0. The molecule has 0 heterocycles. The van der Waals surface area contributed by atoms with Gasteiger partial charge in [0, 0.05) is 18.6 Å². The van der Waals surface area contributed by atoms with Gasteiger partial charge in [-0.3, -0.25) is 0 Å². The summed E-state index contributed by atoms with van der Waals surface area (Å²) in [6.07, 6.45) is 3.08. The smallest absolute Gasteiger partial charge is 0.318 e. The van der Waals surface area contributed by atoms with Crippen LogP contribution in [0.5, 0.6) is 0 Å². The normalized spacial score (nSPS) is 17.5. The van der Waals surface area contributed by atoms with Gasteiger partial charge in [0.2, 0.25) is 0 Å². The molecule has 0 fully saturated rings. The number of hydrogen-bond donors (Lipinski definition) is 2. The van der Waals surface area contributed by atoms with Gasteiger partial charge in [0.05, 0.1) is 12.6 Å². The van der Waals surface area contributed by atoms with Crippen LogP contribution in [0.4, 0.5) is 4.79 Å². The number of amides is 2. The van der Waals surface area contributed by atoms with Gasteiger partial charge in [-0.1, -0.05) is 24.3 Å². The van der Waals surface area contributed by atoms with Crippen LogP contribution in [-0.2, 0) is 6.42 Å². The quantitative estimate of drug-likeness (QED) is 0.840. The third-order valence-electron chi connectivity index (χ3n) is 5.20. The van der Waals surface area contributed by atoms with Crippen molar-refractivity contribution in [3.8, 4) is 0 Å². The number of urea groups is 1. The van der Waals surface area contributed by atoms with Crippen molar-refractivity contribution in [2.45, 2.75) is 44.7 Å². The molecule has 0 spiro atoms. The van der Waals surface area contributed by atoms with E-state index in [0.29, 0.717) is 13.1 Å². The Bertz CT molecular complexity index is 557. The third-order valence-corrected chi connectivity index (χ3v) is 5.20. The van der Waals surface area contributed by atoms with Crippen molar-refractivity contribution in [1.29, 1.82) is 0 Å². The molecule has 0 aliphatic heterocycles. The topological polar surface area (TPSA) is 55.8 Å². The average Bonchev–Trinajstić information content (AvgIpc) is 2.57.